The third-order valence-electron chi connectivity index (χ3n) is 5.77. The Kier molecular flexibility index (Phi) is 4.92. The quantitative estimate of drug-likeness (QED) is 0.832. The molecule has 0 radical (unpaired) electrons. The number of likely N-dealkylation sites (tertiary alicyclic amines) is 2. The molecule has 2 fully saturated rings. The number of fused-ring (bicyclic) bond motifs is 1. The summed E-state index contributed by atoms with van der Waals surface area (Å²) in [5.41, 5.74) is 3.29. The van der Waals surface area contributed by atoms with Gasteiger partial charge in [0.1, 0.15) is 5.75 Å². The summed E-state index contributed by atoms with van der Waals surface area (Å²) in [5, 5.41) is 9.28. The Labute approximate surface area is 155 Å². The fourth-order valence-corrected chi connectivity index (χ4v) is 4.39. The number of rotatable bonds is 5. The van der Waals surface area contributed by atoms with Gasteiger partial charge in [0.25, 0.3) is 0 Å². The molecule has 0 unspecified atom stereocenters. The minimum atomic E-state index is 0.698. The zero-order valence-corrected chi connectivity index (χ0v) is 15.3. The van der Waals surface area contributed by atoms with Crippen LogP contribution in [0.1, 0.15) is 23.1 Å². The predicted molar refractivity (Wildman–Crippen MR) is 102 cm³/mol. The minimum absolute atomic E-state index is 0.698. The first-order valence-electron chi connectivity index (χ1n) is 9.34. The molecule has 26 heavy (non-hydrogen) atoms. The lowest BCUT2D eigenvalue weighted by Gasteiger charge is -2.53. The Hall–Kier alpha value is -2.35. The maximum atomic E-state index is 9.28. The summed E-state index contributed by atoms with van der Waals surface area (Å²) in [6.07, 6.45) is 1.21. The van der Waals surface area contributed by atoms with Gasteiger partial charge in [-0.1, -0.05) is 30.3 Å². The summed E-state index contributed by atoms with van der Waals surface area (Å²) in [4.78, 5) is 5.11. The number of hydrogen-bond acceptors (Lipinski definition) is 4. The van der Waals surface area contributed by atoms with Gasteiger partial charge in [-0.25, -0.2) is 0 Å². The normalized spacial score (nSPS) is 22.9. The van der Waals surface area contributed by atoms with E-state index in [0.29, 0.717) is 6.04 Å². The number of hydrogen-bond donors (Lipinski definition) is 0. The SMILES string of the molecule is COc1cccc(CN2C[C@@H]3CN(Cc4ccccc4C#N)CC[C@@H]32)c1. The average Bonchev–Trinajstić information content (AvgIpc) is 2.67. The third kappa shape index (κ3) is 3.46. The van der Waals surface area contributed by atoms with Crippen LogP contribution in [0.25, 0.3) is 0 Å². The molecule has 0 N–H and O–H groups in total. The molecule has 0 aromatic heterocycles. The van der Waals surface area contributed by atoms with Crippen molar-refractivity contribution in [3.8, 4) is 11.8 Å². The van der Waals surface area contributed by atoms with Gasteiger partial charge in [0, 0.05) is 32.2 Å². The molecule has 2 heterocycles. The average molecular weight is 347 g/mol. The molecular formula is C22H25N3O. The highest BCUT2D eigenvalue weighted by Gasteiger charge is 2.42. The zero-order chi connectivity index (χ0) is 17.9. The summed E-state index contributed by atoms with van der Waals surface area (Å²) in [5.74, 6) is 1.69. The fourth-order valence-electron chi connectivity index (χ4n) is 4.39. The van der Waals surface area contributed by atoms with Crippen LogP contribution in [0.15, 0.2) is 48.5 Å². The first-order chi connectivity index (χ1) is 12.8. The van der Waals surface area contributed by atoms with Gasteiger partial charge in [0.15, 0.2) is 0 Å². The molecule has 2 aromatic rings. The van der Waals surface area contributed by atoms with E-state index in [-0.39, 0.29) is 0 Å². The lowest BCUT2D eigenvalue weighted by molar-refractivity contribution is -0.0506. The fraction of sp³-hybridized carbons (Fsp3) is 0.409. The van der Waals surface area contributed by atoms with Crippen molar-refractivity contribution in [3.05, 3.63) is 65.2 Å². The minimum Gasteiger partial charge on any atom is -0.497 e. The van der Waals surface area contributed by atoms with Crippen molar-refractivity contribution in [1.82, 2.24) is 9.80 Å². The molecule has 0 saturated carbocycles. The standard InChI is InChI=1S/C22H25N3O/c1-26-21-8-4-5-17(11-21)13-25-16-20-15-24(10-9-22(20)25)14-19-7-3-2-6-18(19)12-23/h2-8,11,20,22H,9-10,13-16H2,1H3/t20-,22-/m0/s1. The molecule has 2 aliphatic rings. The Morgan fingerprint density at radius 2 is 2.00 bits per heavy atom. The number of methoxy groups -OCH3 is 1. The maximum absolute atomic E-state index is 9.28. The largest absolute Gasteiger partial charge is 0.497 e. The van der Waals surface area contributed by atoms with E-state index < -0.39 is 0 Å². The third-order valence-corrected chi connectivity index (χ3v) is 5.77. The second-order valence-corrected chi connectivity index (χ2v) is 7.40. The van der Waals surface area contributed by atoms with Crippen LogP contribution in [-0.2, 0) is 13.1 Å². The van der Waals surface area contributed by atoms with E-state index in [0.717, 1.165) is 55.5 Å². The molecule has 0 spiro atoms. The van der Waals surface area contributed by atoms with Gasteiger partial charge in [0.2, 0.25) is 0 Å². The molecule has 4 rings (SSSR count). The smallest absolute Gasteiger partial charge is 0.119 e. The lowest BCUT2D eigenvalue weighted by atomic mass is 9.82. The first-order valence-corrected chi connectivity index (χ1v) is 9.34. The Balaban J connectivity index is 1.33. The molecule has 2 aromatic carbocycles. The first kappa shape index (κ1) is 17.1. The predicted octanol–water partition coefficient (Wildman–Crippen LogP) is 3.27. The molecule has 0 bridgehead atoms. The summed E-state index contributed by atoms with van der Waals surface area (Å²) in [6, 6.07) is 19.4. The van der Waals surface area contributed by atoms with Crippen molar-refractivity contribution in [2.75, 3.05) is 26.7 Å². The number of nitrogens with zero attached hydrogens (tertiary/aromatic N) is 3. The Morgan fingerprint density at radius 1 is 1.12 bits per heavy atom. The van der Waals surface area contributed by atoms with Crippen molar-refractivity contribution in [2.45, 2.75) is 25.6 Å². The van der Waals surface area contributed by atoms with Crippen molar-refractivity contribution in [2.24, 2.45) is 5.92 Å². The molecule has 2 atom stereocenters. The van der Waals surface area contributed by atoms with Crippen molar-refractivity contribution in [1.29, 1.82) is 5.26 Å². The van der Waals surface area contributed by atoms with Gasteiger partial charge in [0.05, 0.1) is 18.7 Å². The van der Waals surface area contributed by atoms with Crippen LogP contribution >= 0.6 is 0 Å². The second-order valence-electron chi connectivity index (χ2n) is 7.40. The van der Waals surface area contributed by atoms with Gasteiger partial charge in [-0.15, -0.1) is 0 Å². The van der Waals surface area contributed by atoms with E-state index in [2.05, 4.69) is 40.1 Å². The van der Waals surface area contributed by atoms with Gasteiger partial charge >= 0.3 is 0 Å². The summed E-state index contributed by atoms with van der Waals surface area (Å²) in [6.45, 7) is 5.31. The van der Waals surface area contributed by atoms with Gasteiger partial charge < -0.3 is 4.74 Å². The molecule has 0 amide bonds. The Morgan fingerprint density at radius 3 is 2.81 bits per heavy atom. The van der Waals surface area contributed by atoms with E-state index >= 15 is 0 Å². The zero-order valence-electron chi connectivity index (χ0n) is 15.3. The van der Waals surface area contributed by atoms with Gasteiger partial charge in [-0.3, -0.25) is 9.80 Å². The lowest BCUT2D eigenvalue weighted by Crippen LogP contribution is -2.62. The Bertz CT molecular complexity index is 813. The van der Waals surface area contributed by atoms with Crippen LogP contribution in [0.4, 0.5) is 0 Å². The summed E-state index contributed by atoms with van der Waals surface area (Å²) in [7, 11) is 1.72. The number of nitriles is 1. The molecular weight excluding hydrogens is 322 g/mol. The van der Waals surface area contributed by atoms with E-state index in [4.69, 9.17) is 4.74 Å². The highest BCUT2D eigenvalue weighted by Crippen LogP contribution is 2.34. The van der Waals surface area contributed by atoms with E-state index in [1.165, 1.54) is 12.0 Å². The highest BCUT2D eigenvalue weighted by atomic mass is 16.5. The van der Waals surface area contributed by atoms with Crippen LogP contribution in [-0.4, -0.2) is 42.6 Å². The van der Waals surface area contributed by atoms with E-state index in [1.807, 2.05) is 24.3 Å². The number of benzene rings is 2. The monoisotopic (exact) mass is 347 g/mol. The molecule has 2 saturated heterocycles. The molecule has 4 heteroatoms. The van der Waals surface area contributed by atoms with Crippen LogP contribution in [0.5, 0.6) is 5.75 Å². The summed E-state index contributed by atoms with van der Waals surface area (Å²) >= 11 is 0. The van der Waals surface area contributed by atoms with Crippen LogP contribution in [0, 0.1) is 17.2 Å². The maximum Gasteiger partial charge on any atom is 0.119 e. The topological polar surface area (TPSA) is 39.5 Å². The van der Waals surface area contributed by atoms with Crippen molar-refractivity contribution < 1.29 is 4.74 Å². The molecule has 2 aliphatic heterocycles. The molecule has 4 nitrogen and oxygen atoms in total. The molecule has 0 aliphatic carbocycles. The van der Waals surface area contributed by atoms with Crippen molar-refractivity contribution in [3.63, 3.8) is 0 Å². The van der Waals surface area contributed by atoms with Crippen LogP contribution in [0.3, 0.4) is 0 Å². The van der Waals surface area contributed by atoms with Gasteiger partial charge in [-0.05, 0) is 48.2 Å². The van der Waals surface area contributed by atoms with Crippen molar-refractivity contribution >= 4 is 0 Å². The second kappa shape index (κ2) is 7.49. The highest BCUT2D eigenvalue weighted by molar-refractivity contribution is 5.37. The van der Waals surface area contributed by atoms with Crippen LogP contribution in [0.2, 0.25) is 0 Å². The van der Waals surface area contributed by atoms with E-state index in [9.17, 15) is 5.26 Å². The van der Waals surface area contributed by atoms with Gasteiger partial charge in [-0.2, -0.15) is 5.26 Å². The number of piperidine rings is 1. The number of ether oxygens (including phenoxy) is 1. The van der Waals surface area contributed by atoms with Crippen LogP contribution < -0.4 is 4.74 Å². The summed E-state index contributed by atoms with van der Waals surface area (Å²) < 4.78 is 5.34. The van der Waals surface area contributed by atoms with E-state index in [1.54, 1.807) is 7.11 Å². The molecule has 134 valence electrons.